The van der Waals surface area contributed by atoms with Crippen LogP contribution in [0.3, 0.4) is 0 Å². The normalized spacial score (nSPS) is 24.8. The predicted molar refractivity (Wildman–Crippen MR) is 74.8 cm³/mol. The maximum absolute atomic E-state index is 12.5. The van der Waals surface area contributed by atoms with Gasteiger partial charge in [0.1, 0.15) is 4.21 Å². The van der Waals surface area contributed by atoms with Crippen LogP contribution in [0.5, 0.6) is 0 Å². The number of halogens is 1. The van der Waals surface area contributed by atoms with Crippen LogP contribution >= 0.6 is 22.9 Å². The largest absolute Gasteiger partial charge is 0.375 e. The molecule has 7 nitrogen and oxygen atoms in total. The summed E-state index contributed by atoms with van der Waals surface area (Å²) in [7, 11) is -3.80. The molecule has 2 rings (SSSR count). The van der Waals surface area contributed by atoms with E-state index in [0.717, 1.165) is 6.07 Å². The maximum atomic E-state index is 12.5. The number of ether oxygens (including phenoxy) is 1. The van der Waals surface area contributed by atoms with E-state index < -0.39 is 14.9 Å². The van der Waals surface area contributed by atoms with Gasteiger partial charge in [0.15, 0.2) is 4.34 Å². The third kappa shape index (κ3) is 2.82. The fourth-order valence-corrected chi connectivity index (χ4v) is 5.40. The van der Waals surface area contributed by atoms with Crippen molar-refractivity contribution >= 4 is 38.6 Å². The number of sulfonamides is 1. The minimum absolute atomic E-state index is 0.116. The summed E-state index contributed by atoms with van der Waals surface area (Å²) in [5, 5.41) is 10.8. The van der Waals surface area contributed by atoms with Crippen molar-refractivity contribution in [1.82, 2.24) is 4.31 Å². The summed E-state index contributed by atoms with van der Waals surface area (Å²) in [6.07, 6.45) is -0.216. The van der Waals surface area contributed by atoms with Crippen molar-refractivity contribution in [1.29, 1.82) is 0 Å². The molecule has 1 aromatic heterocycles. The van der Waals surface area contributed by atoms with Gasteiger partial charge in [-0.05, 0) is 13.8 Å². The van der Waals surface area contributed by atoms with E-state index in [1.54, 1.807) is 13.8 Å². The van der Waals surface area contributed by atoms with Crippen molar-refractivity contribution in [2.45, 2.75) is 30.2 Å². The van der Waals surface area contributed by atoms with Gasteiger partial charge in [0, 0.05) is 18.7 Å². The summed E-state index contributed by atoms with van der Waals surface area (Å²) in [6.45, 7) is 4.01. The zero-order valence-corrected chi connectivity index (χ0v) is 13.2. The highest BCUT2D eigenvalue weighted by molar-refractivity contribution is 7.91. The fourth-order valence-electron chi connectivity index (χ4n) is 1.91. The molecule has 0 amide bonds. The summed E-state index contributed by atoms with van der Waals surface area (Å²) in [5.41, 5.74) is -0.385. The van der Waals surface area contributed by atoms with E-state index in [0.29, 0.717) is 17.9 Å². The van der Waals surface area contributed by atoms with E-state index in [9.17, 15) is 18.5 Å². The molecule has 2 atom stereocenters. The van der Waals surface area contributed by atoms with E-state index in [-0.39, 0.29) is 32.9 Å². The van der Waals surface area contributed by atoms with Crippen molar-refractivity contribution < 1.29 is 18.1 Å². The first kappa shape index (κ1) is 15.6. The molecule has 0 spiro atoms. The number of rotatable bonds is 3. The second-order valence-electron chi connectivity index (χ2n) is 4.55. The molecule has 0 bridgehead atoms. The molecule has 1 aromatic rings. The third-order valence-electron chi connectivity index (χ3n) is 2.96. The SMILES string of the molecule is CC1CN(S(=O)(=O)c2cc([N+](=O)[O-])c(Cl)s2)C(C)CO1. The van der Waals surface area contributed by atoms with Crippen LogP contribution in [0, 0.1) is 10.1 Å². The zero-order chi connectivity index (χ0) is 15.1. The van der Waals surface area contributed by atoms with Gasteiger partial charge in [0.2, 0.25) is 0 Å². The van der Waals surface area contributed by atoms with Gasteiger partial charge in [-0.1, -0.05) is 11.6 Å². The third-order valence-corrected chi connectivity index (χ3v) is 6.72. The number of hydrogen-bond acceptors (Lipinski definition) is 6. The minimum atomic E-state index is -3.80. The second-order valence-corrected chi connectivity index (χ2v) is 8.32. The summed E-state index contributed by atoms with van der Waals surface area (Å²) in [6, 6.07) is 0.686. The molecule has 2 heterocycles. The van der Waals surface area contributed by atoms with Crippen molar-refractivity contribution in [3.05, 3.63) is 20.5 Å². The molecule has 2 unspecified atom stereocenters. The molecular weight excluding hydrogens is 328 g/mol. The molecule has 0 aromatic carbocycles. The molecule has 10 heteroatoms. The van der Waals surface area contributed by atoms with Gasteiger partial charge < -0.3 is 4.74 Å². The first-order chi connectivity index (χ1) is 9.23. The van der Waals surface area contributed by atoms with Gasteiger partial charge in [0.05, 0.1) is 17.6 Å². The van der Waals surface area contributed by atoms with Gasteiger partial charge in [-0.3, -0.25) is 10.1 Å². The molecule has 1 fully saturated rings. The smallest absolute Gasteiger partial charge is 0.300 e. The van der Waals surface area contributed by atoms with Gasteiger partial charge in [0.25, 0.3) is 15.7 Å². The molecule has 0 aliphatic carbocycles. The Bertz CT molecular complexity index is 630. The average molecular weight is 341 g/mol. The van der Waals surface area contributed by atoms with Crippen LogP contribution in [0.15, 0.2) is 10.3 Å². The summed E-state index contributed by atoms with van der Waals surface area (Å²) < 4.78 is 31.5. The van der Waals surface area contributed by atoms with Gasteiger partial charge in [-0.15, -0.1) is 11.3 Å². The van der Waals surface area contributed by atoms with Crippen LogP contribution in [0.1, 0.15) is 13.8 Å². The number of nitrogens with zero attached hydrogens (tertiary/aromatic N) is 2. The molecule has 0 saturated carbocycles. The molecule has 1 aliphatic heterocycles. The van der Waals surface area contributed by atoms with E-state index in [2.05, 4.69) is 0 Å². The van der Waals surface area contributed by atoms with Crippen LogP contribution in [0.2, 0.25) is 4.34 Å². The van der Waals surface area contributed by atoms with Crippen molar-refractivity contribution in [3.63, 3.8) is 0 Å². The summed E-state index contributed by atoms with van der Waals surface area (Å²) >= 11 is 6.42. The Morgan fingerprint density at radius 3 is 2.75 bits per heavy atom. The fraction of sp³-hybridized carbons (Fsp3) is 0.600. The Kier molecular flexibility index (Phi) is 4.35. The van der Waals surface area contributed by atoms with Crippen LogP contribution in [-0.2, 0) is 14.8 Å². The second kappa shape index (κ2) is 5.57. The van der Waals surface area contributed by atoms with E-state index in [4.69, 9.17) is 16.3 Å². The van der Waals surface area contributed by atoms with Crippen molar-refractivity contribution in [3.8, 4) is 0 Å². The lowest BCUT2D eigenvalue weighted by molar-refractivity contribution is -0.384. The Labute approximate surface area is 125 Å². The minimum Gasteiger partial charge on any atom is -0.375 e. The zero-order valence-electron chi connectivity index (χ0n) is 10.8. The quantitative estimate of drug-likeness (QED) is 0.621. The van der Waals surface area contributed by atoms with Crippen LogP contribution < -0.4 is 0 Å². The molecule has 1 aliphatic rings. The average Bonchev–Trinajstić information content (AvgIpc) is 2.75. The predicted octanol–water partition coefficient (Wildman–Crippen LogP) is 2.11. The number of nitro groups is 1. The van der Waals surface area contributed by atoms with Crippen LogP contribution in [-0.4, -0.2) is 42.9 Å². The van der Waals surface area contributed by atoms with Gasteiger partial charge in [-0.2, -0.15) is 4.31 Å². The lowest BCUT2D eigenvalue weighted by Gasteiger charge is -2.35. The molecule has 0 N–H and O–H groups in total. The molecule has 1 saturated heterocycles. The highest BCUT2D eigenvalue weighted by Gasteiger charge is 2.36. The number of thiophene rings is 1. The van der Waals surface area contributed by atoms with E-state index >= 15 is 0 Å². The Morgan fingerprint density at radius 1 is 1.55 bits per heavy atom. The molecular formula is C10H13ClN2O5S2. The van der Waals surface area contributed by atoms with Crippen molar-refractivity contribution in [2.75, 3.05) is 13.2 Å². The monoisotopic (exact) mass is 340 g/mol. The lowest BCUT2D eigenvalue weighted by atomic mass is 10.2. The summed E-state index contributed by atoms with van der Waals surface area (Å²) in [4.78, 5) is 10.1. The topological polar surface area (TPSA) is 89.8 Å². The Morgan fingerprint density at radius 2 is 2.20 bits per heavy atom. The van der Waals surface area contributed by atoms with Crippen molar-refractivity contribution in [2.24, 2.45) is 0 Å². The Balaban J connectivity index is 2.39. The number of morpholine rings is 1. The van der Waals surface area contributed by atoms with Gasteiger partial charge in [-0.25, -0.2) is 8.42 Å². The number of hydrogen-bond donors (Lipinski definition) is 0. The standard InChI is InChI=1S/C10H13ClN2O5S2/c1-6-5-18-7(2)4-12(6)20(16,17)9-3-8(13(14)15)10(11)19-9/h3,6-7H,4-5H2,1-2H3. The summed E-state index contributed by atoms with van der Waals surface area (Å²) in [5.74, 6) is 0. The lowest BCUT2D eigenvalue weighted by Crippen LogP contribution is -2.49. The van der Waals surface area contributed by atoms with Crippen LogP contribution in [0.4, 0.5) is 5.69 Å². The van der Waals surface area contributed by atoms with E-state index in [1.807, 2.05) is 0 Å². The van der Waals surface area contributed by atoms with Gasteiger partial charge >= 0.3 is 0 Å². The van der Waals surface area contributed by atoms with Crippen LogP contribution in [0.25, 0.3) is 0 Å². The highest BCUT2D eigenvalue weighted by atomic mass is 35.5. The highest BCUT2D eigenvalue weighted by Crippen LogP contribution is 2.38. The maximum Gasteiger partial charge on any atom is 0.300 e. The first-order valence-corrected chi connectivity index (χ1v) is 8.44. The molecule has 112 valence electrons. The van der Waals surface area contributed by atoms with E-state index in [1.165, 1.54) is 4.31 Å². The first-order valence-electron chi connectivity index (χ1n) is 5.80. The Hall–Kier alpha value is -0.740. The molecule has 0 radical (unpaired) electrons. The molecule has 20 heavy (non-hydrogen) atoms.